The van der Waals surface area contributed by atoms with E-state index < -0.39 is 16.9 Å². The van der Waals surface area contributed by atoms with E-state index in [-0.39, 0.29) is 29.6 Å². The van der Waals surface area contributed by atoms with Gasteiger partial charge in [0.15, 0.2) is 0 Å². The van der Waals surface area contributed by atoms with E-state index >= 15 is 0 Å². The third-order valence-corrected chi connectivity index (χ3v) is 8.36. The fourth-order valence-corrected chi connectivity index (χ4v) is 7.06. The molecule has 0 amide bonds. The molecular formula is C18H16NaO3PS. The van der Waals surface area contributed by atoms with Gasteiger partial charge >= 0.3 is 39.3 Å². The van der Waals surface area contributed by atoms with Gasteiger partial charge in [-0.2, -0.15) is 8.42 Å². The van der Waals surface area contributed by atoms with Crippen LogP contribution in [0, 0.1) is 0 Å². The molecule has 3 nitrogen and oxygen atoms in total. The van der Waals surface area contributed by atoms with Gasteiger partial charge in [0.25, 0.3) is 0 Å². The molecule has 0 aliphatic carbocycles. The van der Waals surface area contributed by atoms with E-state index in [1.54, 1.807) is 24.3 Å². The Kier molecular flexibility index (Phi) is 7.02. The van der Waals surface area contributed by atoms with Gasteiger partial charge < -0.3 is 4.18 Å². The maximum atomic E-state index is 12.9. The first-order valence-corrected chi connectivity index (χ1v) is 10.4. The van der Waals surface area contributed by atoms with E-state index in [1.807, 2.05) is 66.7 Å². The monoisotopic (exact) mass is 366 g/mol. The van der Waals surface area contributed by atoms with Gasteiger partial charge in [0.2, 0.25) is 0 Å². The molecule has 6 heteroatoms. The van der Waals surface area contributed by atoms with E-state index in [2.05, 4.69) is 0 Å². The Morgan fingerprint density at radius 1 is 0.625 bits per heavy atom. The van der Waals surface area contributed by atoms with Gasteiger partial charge in [-0.25, -0.2) is 0 Å². The third-order valence-electron chi connectivity index (χ3n) is 3.15. The first-order chi connectivity index (χ1) is 11.2. The van der Waals surface area contributed by atoms with E-state index in [0.29, 0.717) is 5.75 Å². The number of hydrogen-bond donors (Lipinski definition) is 0. The molecule has 0 unspecified atom stereocenters. The van der Waals surface area contributed by atoms with E-state index in [9.17, 15) is 8.42 Å². The van der Waals surface area contributed by atoms with Crippen LogP contribution in [0.1, 0.15) is 0 Å². The van der Waals surface area contributed by atoms with Gasteiger partial charge in [-0.05, 0) is 22.7 Å². The average Bonchev–Trinajstić information content (AvgIpc) is 2.57. The van der Waals surface area contributed by atoms with Crippen LogP contribution in [0.15, 0.2) is 91.0 Å². The molecule has 3 rings (SSSR count). The predicted octanol–water partition coefficient (Wildman–Crippen LogP) is 2.79. The summed E-state index contributed by atoms with van der Waals surface area (Å²) in [6, 6.07) is 27.0. The second kappa shape index (κ2) is 8.80. The molecule has 0 spiro atoms. The van der Waals surface area contributed by atoms with Crippen molar-refractivity contribution in [2.45, 2.75) is 0 Å². The van der Waals surface area contributed by atoms with Crippen molar-refractivity contribution in [2.75, 3.05) is 0 Å². The molecule has 24 heavy (non-hydrogen) atoms. The van der Waals surface area contributed by atoms with Crippen LogP contribution in [-0.4, -0.2) is 38.0 Å². The topological polar surface area (TPSA) is 43.4 Å². The van der Waals surface area contributed by atoms with Crippen LogP contribution in [0.2, 0.25) is 0 Å². The summed E-state index contributed by atoms with van der Waals surface area (Å²) in [4.78, 5) is 0. The van der Waals surface area contributed by atoms with Crippen LogP contribution in [0.4, 0.5) is 0 Å². The fourth-order valence-electron chi connectivity index (χ4n) is 2.17. The summed E-state index contributed by atoms with van der Waals surface area (Å²) >= 11 is 0. The number of para-hydroxylation sites is 1. The van der Waals surface area contributed by atoms with Gasteiger partial charge in [0, 0.05) is 0 Å². The Morgan fingerprint density at radius 3 is 1.42 bits per heavy atom. The predicted molar refractivity (Wildman–Crippen MR) is 102 cm³/mol. The Balaban J connectivity index is 0.00000208. The summed E-state index contributed by atoms with van der Waals surface area (Å²) in [6.45, 7) is 0. The summed E-state index contributed by atoms with van der Waals surface area (Å²) in [5.74, 6) is 0.326. The molecular weight excluding hydrogens is 350 g/mol. The van der Waals surface area contributed by atoms with E-state index in [0.717, 1.165) is 10.6 Å². The van der Waals surface area contributed by atoms with Crippen LogP contribution in [0.25, 0.3) is 0 Å². The van der Waals surface area contributed by atoms with Gasteiger partial charge in [-0.1, -0.05) is 78.9 Å². The first kappa shape index (κ1) is 19.2. The second-order valence-electron chi connectivity index (χ2n) is 4.79. The zero-order valence-corrected chi connectivity index (χ0v) is 14.0. The normalized spacial score (nSPS) is 10.9. The van der Waals surface area contributed by atoms with Crippen molar-refractivity contribution < 1.29 is 12.6 Å². The summed E-state index contributed by atoms with van der Waals surface area (Å²) < 4.78 is 31.2. The molecule has 0 aliphatic heterocycles. The van der Waals surface area contributed by atoms with Crippen molar-refractivity contribution in [3.63, 3.8) is 0 Å². The molecule has 3 aromatic rings. The molecule has 0 saturated heterocycles. The van der Waals surface area contributed by atoms with Crippen molar-refractivity contribution in [3.05, 3.63) is 91.0 Å². The Hall–Kier alpha value is -1.16. The van der Waals surface area contributed by atoms with Gasteiger partial charge in [0.05, 0.1) is 0 Å². The van der Waals surface area contributed by atoms with Crippen molar-refractivity contribution in [1.82, 2.24) is 0 Å². The molecule has 0 atom stereocenters. The van der Waals surface area contributed by atoms with Gasteiger partial charge in [-0.15, -0.1) is 0 Å². The van der Waals surface area contributed by atoms with E-state index in [4.69, 9.17) is 4.18 Å². The molecule has 0 fully saturated rings. The van der Waals surface area contributed by atoms with Crippen LogP contribution in [0.3, 0.4) is 0 Å². The molecule has 0 aliphatic rings. The zero-order valence-electron chi connectivity index (χ0n) is 12.2. The van der Waals surface area contributed by atoms with E-state index in [1.165, 1.54) is 0 Å². The summed E-state index contributed by atoms with van der Waals surface area (Å²) in [5.41, 5.74) is 0. The minimum atomic E-state index is -3.82. The Labute approximate surface area is 165 Å². The van der Waals surface area contributed by atoms with Crippen LogP contribution in [0.5, 0.6) is 5.75 Å². The maximum absolute atomic E-state index is 12.9. The van der Waals surface area contributed by atoms with Gasteiger partial charge in [0.1, 0.15) is 12.9 Å². The fraction of sp³-hybridized carbons (Fsp3) is 0. The molecule has 0 aromatic heterocycles. The van der Waals surface area contributed by atoms with Crippen molar-refractivity contribution in [3.8, 4) is 5.75 Å². The SMILES string of the molecule is O=S(=O)(Oc1ccccc1)P(c1ccccc1)c1ccccc1.[NaH]. The number of hydrogen-bond acceptors (Lipinski definition) is 3. The zero-order chi connectivity index (χ0) is 16.1. The third kappa shape index (κ3) is 4.69. The Bertz CT molecular complexity index is 817. The standard InChI is InChI=1S/C18H15O3PS.Na.H/c19-23(20,21-16-10-4-1-5-11-16)22(17-12-6-2-7-13-17)18-14-8-3-9-15-18;;/h1-15H;;. The minimum absolute atomic E-state index is 0. The summed E-state index contributed by atoms with van der Waals surface area (Å²) in [7, 11) is -5.48. The molecule has 118 valence electrons. The van der Waals surface area contributed by atoms with Crippen LogP contribution in [-0.2, 0) is 9.74 Å². The summed E-state index contributed by atoms with van der Waals surface area (Å²) in [5, 5.41) is 1.48. The average molecular weight is 366 g/mol. The summed E-state index contributed by atoms with van der Waals surface area (Å²) in [6.07, 6.45) is 0. The number of rotatable bonds is 5. The molecule has 0 N–H and O–H groups in total. The molecule has 0 radical (unpaired) electrons. The quantitative estimate of drug-likeness (QED) is 0.515. The van der Waals surface area contributed by atoms with Crippen LogP contribution >= 0.6 is 7.12 Å². The van der Waals surface area contributed by atoms with Crippen molar-refractivity contribution in [2.24, 2.45) is 0 Å². The first-order valence-electron chi connectivity index (χ1n) is 7.07. The Morgan fingerprint density at radius 2 is 1.00 bits per heavy atom. The number of benzene rings is 3. The van der Waals surface area contributed by atoms with Crippen molar-refractivity contribution in [1.29, 1.82) is 0 Å². The van der Waals surface area contributed by atoms with Crippen LogP contribution < -0.4 is 14.8 Å². The molecule has 0 bridgehead atoms. The van der Waals surface area contributed by atoms with Gasteiger partial charge in [-0.3, -0.25) is 0 Å². The second-order valence-corrected chi connectivity index (χ2v) is 9.87. The molecule has 3 aromatic carbocycles. The van der Waals surface area contributed by atoms with Crippen molar-refractivity contribution >= 4 is 57.0 Å². The molecule has 0 heterocycles. The molecule has 0 saturated carbocycles.